The lowest BCUT2D eigenvalue weighted by Gasteiger charge is -1.96. The molecule has 0 bridgehead atoms. The number of halogens is 1. The highest BCUT2D eigenvalue weighted by molar-refractivity contribution is 6.31. The summed E-state index contributed by atoms with van der Waals surface area (Å²) in [5.41, 5.74) is 0.0159. The molecule has 0 heterocycles. The zero-order chi connectivity index (χ0) is 9.84. The third-order valence-electron chi connectivity index (χ3n) is 1.38. The number of nitro groups is 1. The number of nitrogens with zero attached hydrogens (tertiary/aromatic N) is 2. The first-order chi connectivity index (χ1) is 6.15. The summed E-state index contributed by atoms with van der Waals surface area (Å²) in [6, 6.07) is 3.99. The van der Waals surface area contributed by atoms with Crippen molar-refractivity contribution in [1.29, 1.82) is 0 Å². The minimum Gasteiger partial charge on any atom is -0.411 e. The van der Waals surface area contributed by atoms with Crippen molar-refractivity contribution in [2.24, 2.45) is 5.16 Å². The van der Waals surface area contributed by atoms with Crippen LogP contribution in [-0.4, -0.2) is 16.3 Å². The standard InChI is InChI=1S/C7H5ClN2O3/c8-6-1-2-7(10(12)13)5(3-6)4-9-11/h1-4,11H. The Labute approximate surface area is 78.4 Å². The Morgan fingerprint density at radius 2 is 2.31 bits per heavy atom. The monoisotopic (exact) mass is 200 g/mol. The summed E-state index contributed by atoms with van der Waals surface area (Å²) < 4.78 is 0. The second-order valence-electron chi connectivity index (χ2n) is 2.20. The summed E-state index contributed by atoms with van der Waals surface area (Å²) >= 11 is 5.59. The summed E-state index contributed by atoms with van der Waals surface area (Å²) in [4.78, 5) is 9.85. The number of benzene rings is 1. The second-order valence-corrected chi connectivity index (χ2v) is 2.64. The van der Waals surface area contributed by atoms with Crippen molar-refractivity contribution in [2.45, 2.75) is 0 Å². The van der Waals surface area contributed by atoms with Crippen LogP contribution in [0.4, 0.5) is 5.69 Å². The molecule has 0 amide bonds. The van der Waals surface area contributed by atoms with E-state index in [-0.39, 0.29) is 11.3 Å². The molecular formula is C7H5ClN2O3. The summed E-state index contributed by atoms with van der Waals surface area (Å²) in [6.45, 7) is 0. The number of hydrogen-bond acceptors (Lipinski definition) is 4. The number of nitro benzene ring substituents is 1. The van der Waals surface area contributed by atoms with Crippen molar-refractivity contribution in [3.05, 3.63) is 38.9 Å². The van der Waals surface area contributed by atoms with E-state index >= 15 is 0 Å². The molecular weight excluding hydrogens is 196 g/mol. The van der Waals surface area contributed by atoms with E-state index in [1.165, 1.54) is 18.2 Å². The molecule has 0 aliphatic rings. The molecule has 0 aliphatic heterocycles. The Kier molecular flexibility index (Phi) is 2.81. The van der Waals surface area contributed by atoms with Crippen LogP contribution in [0.15, 0.2) is 23.4 Å². The van der Waals surface area contributed by atoms with Gasteiger partial charge in [-0.1, -0.05) is 16.8 Å². The maximum absolute atomic E-state index is 10.4. The van der Waals surface area contributed by atoms with Crippen molar-refractivity contribution >= 4 is 23.5 Å². The lowest BCUT2D eigenvalue weighted by atomic mass is 10.2. The fraction of sp³-hybridized carbons (Fsp3) is 0. The Morgan fingerprint density at radius 3 is 2.85 bits per heavy atom. The van der Waals surface area contributed by atoms with Crippen LogP contribution in [0, 0.1) is 10.1 Å². The van der Waals surface area contributed by atoms with Gasteiger partial charge in [-0.05, 0) is 12.1 Å². The molecule has 0 saturated heterocycles. The molecule has 13 heavy (non-hydrogen) atoms. The Morgan fingerprint density at radius 1 is 1.62 bits per heavy atom. The largest absolute Gasteiger partial charge is 0.411 e. The molecule has 6 heteroatoms. The van der Waals surface area contributed by atoms with Crippen LogP contribution in [0.3, 0.4) is 0 Å². The predicted octanol–water partition coefficient (Wildman–Crippen LogP) is 2.06. The first kappa shape index (κ1) is 9.47. The number of hydrogen-bond donors (Lipinski definition) is 1. The lowest BCUT2D eigenvalue weighted by molar-refractivity contribution is -0.385. The minimum atomic E-state index is -0.576. The highest BCUT2D eigenvalue weighted by Gasteiger charge is 2.11. The Hall–Kier alpha value is -1.62. The van der Waals surface area contributed by atoms with Gasteiger partial charge < -0.3 is 5.21 Å². The third kappa shape index (κ3) is 2.16. The zero-order valence-electron chi connectivity index (χ0n) is 6.35. The maximum atomic E-state index is 10.4. The van der Waals surface area contributed by atoms with E-state index in [0.717, 1.165) is 6.21 Å². The molecule has 1 aromatic rings. The molecule has 0 radical (unpaired) electrons. The van der Waals surface area contributed by atoms with Crippen LogP contribution in [-0.2, 0) is 0 Å². The zero-order valence-corrected chi connectivity index (χ0v) is 7.10. The highest BCUT2D eigenvalue weighted by atomic mass is 35.5. The number of rotatable bonds is 2. The van der Waals surface area contributed by atoms with Gasteiger partial charge in [-0.3, -0.25) is 10.1 Å². The highest BCUT2D eigenvalue weighted by Crippen LogP contribution is 2.20. The fourth-order valence-corrected chi connectivity index (χ4v) is 1.04. The Bertz CT molecular complexity index is 365. The van der Waals surface area contributed by atoms with Gasteiger partial charge in [-0.15, -0.1) is 0 Å². The van der Waals surface area contributed by atoms with E-state index < -0.39 is 4.92 Å². The first-order valence-electron chi connectivity index (χ1n) is 3.26. The Balaban J connectivity index is 3.26. The first-order valence-corrected chi connectivity index (χ1v) is 3.64. The van der Waals surface area contributed by atoms with Crippen LogP contribution in [0.1, 0.15) is 5.56 Å². The van der Waals surface area contributed by atoms with Crippen molar-refractivity contribution in [2.75, 3.05) is 0 Å². The van der Waals surface area contributed by atoms with E-state index in [1.54, 1.807) is 0 Å². The van der Waals surface area contributed by atoms with Crippen molar-refractivity contribution in [3.8, 4) is 0 Å². The molecule has 0 atom stereocenters. The van der Waals surface area contributed by atoms with Gasteiger partial charge in [0.05, 0.1) is 16.7 Å². The van der Waals surface area contributed by atoms with E-state index in [2.05, 4.69) is 5.16 Å². The van der Waals surface area contributed by atoms with Crippen molar-refractivity contribution in [3.63, 3.8) is 0 Å². The lowest BCUT2D eigenvalue weighted by Crippen LogP contribution is -1.94. The van der Waals surface area contributed by atoms with Crippen LogP contribution >= 0.6 is 11.6 Å². The van der Waals surface area contributed by atoms with E-state index in [1.807, 2.05) is 0 Å². The van der Waals surface area contributed by atoms with Gasteiger partial charge in [-0.2, -0.15) is 0 Å². The molecule has 1 rings (SSSR count). The molecule has 68 valence electrons. The average Bonchev–Trinajstić information content (AvgIpc) is 2.04. The smallest absolute Gasteiger partial charge is 0.278 e. The van der Waals surface area contributed by atoms with Crippen molar-refractivity contribution < 1.29 is 10.1 Å². The van der Waals surface area contributed by atoms with Crippen LogP contribution < -0.4 is 0 Å². The van der Waals surface area contributed by atoms with Gasteiger partial charge in [0.2, 0.25) is 0 Å². The second kappa shape index (κ2) is 3.86. The van der Waals surface area contributed by atoms with Crippen LogP contribution in [0.2, 0.25) is 5.02 Å². The van der Waals surface area contributed by atoms with Crippen LogP contribution in [0.25, 0.3) is 0 Å². The topological polar surface area (TPSA) is 75.7 Å². The molecule has 1 N–H and O–H groups in total. The summed E-state index contributed by atoms with van der Waals surface area (Å²) in [7, 11) is 0. The normalized spacial score (nSPS) is 10.5. The maximum Gasteiger partial charge on any atom is 0.278 e. The van der Waals surface area contributed by atoms with Crippen LogP contribution in [0.5, 0.6) is 0 Å². The van der Waals surface area contributed by atoms with Gasteiger partial charge >= 0.3 is 0 Å². The molecule has 5 nitrogen and oxygen atoms in total. The molecule has 0 spiro atoms. The predicted molar refractivity (Wildman–Crippen MR) is 47.5 cm³/mol. The SMILES string of the molecule is O=[N+]([O-])c1ccc(Cl)cc1C=NO. The minimum absolute atomic E-state index is 0.151. The van der Waals surface area contributed by atoms with Gasteiger partial charge in [0.1, 0.15) is 0 Å². The average molecular weight is 201 g/mol. The van der Waals surface area contributed by atoms with Gasteiger partial charge in [0.25, 0.3) is 5.69 Å². The summed E-state index contributed by atoms with van der Waals surface area (Å²) in [5, 5.41) is 21.7. The molecule has 0 fully saturated rings. The molecule has 0 saturated carbocycles. The number of oxime groups is 1. The van der Waals surface area contributed by atoms with Gasteiger partial charge in [-0.25, -0.2) is 0 Å². The summed E-state index contributed by atoms with van der Waals surface area (Å²) in [6.07, 6.45) is 0.962. The molecule has 1 aromatic carbocycles. The molecule has 0 unspecified atom stereocenters. The summed E-state index contributed by atoms with van der Waals surface area (Å²) in [5.74, 6) is 0. The molecule has 0 aliphatic carbocycles. The third-order valence-corrected chi connectivity index (χ3v) is 1.62. The van der Waals surface area contributed by atoms with Crippen molar-refractivity contribution in [1.82, 2.24) is 0 Å². The van der Waals surface area contributed by atoms with E-state index in [0.29, 0.717) is 5.02 Å². The van der Waals surface area contributed by atoms with E-state index in [4.69, 9.17) is 16.8 Å². The van der Waals surface area contributed by atoms with Gasteiger partial charge in [0.15, 0.2) is 0 Å². The van der Waals surface area contributed by atoms with Gasteiger partial charge in [0, 0.05) is 11.1 Å². The quantitative estimate of drug-likeness (QED) is 0.344. The van der Waals surface area contributed by atoms with E-state index in [9.17, 15) is 10.1 Å². The fourth-order valence-electron chi connectivity index (χ4n) is 0.857. The molecule has 0 aromatic heterocycles.